The molecule has 2 aromatic rings. The highest BCUT2D eigenvalue weighted by Gasteiger charge is 2.13. The Kier molecular flexibility index (Phi) is 5.34. The fourth-order valence-electron chi connectivity index (χ4n) is 2.01. The van der Waals surface area contributed by atoms with E-state index in [9.17, 15) is 9.90 Å². The number of amides is 1. The van der Waals surface area contributed by atoms with Crippen LogP contribution < -0.4 is 11.1 Å². The number of benzene rings is 1. The zero-order valence-corrected chi connectivity index (χ0v) is 11.7. The normalized spacial score (nSPS) is 12.0. The van der Waals surface area contributed by atoms with Crippen molar-refractivity contribution in [3.63, 3.8) is 0 Å². The molecule has 0 radical (unpaired) electrons. The van der Waals surface area contributed by atoms with E-state index in [2.05, 4.69) is 15.3 Å². The van der Waals surface area contributed by atoms with Crippen LogP contribution in [0.15, 0.2) is 36.7 Å². The molecule has 0 spiro atoms. The SMILES string of the molecule is N[C@@H](Cc1ccc(O)cc1)C(=O)NCCCc1ncc[nH]1. The number of imidazole rings is 1. The van der Waals surface area contributed by atoms with Crippen molar-refractivity contribution in [2.75, 3.05) is 6.54 Å². The van der Waals surface area contributed by atoms with Crippen molar-refractivity contribution < 1.29 is 9.90 Å². The summed E-state index contributed by atoms with van der Waals surface area (Å²) >= 11 is 0. The van der Waals surface area contributed by atoms with Crippen molar-refractivity contribution in [1.82, 2.24) is 15.3 Å². The summed E-state index contributed by atoms with van der Waals surface area (Å²) < 4.78 is 0. The molecule has 6 heteroatoms. The largest absolute Gasteiger partial charge is 0.508 e. The lowest BCUT2D eigenvalue weighted by Crippen LogP contribution is -2.42. The molecule has 21 heavy (non-hydrogen) atoms. The number of hydrogen-bond donors (Lipinski definition) is 4. The predicted octanol–water partition coefficient (Wildman–Crippen LogP) is 0.734. The molecule has 0 aliphatic rings. The molecule has 0 bridgehead atoms. The van der Waals surface area contributed by atoms with E-state index in [1.165, 1.54) is 0 Å². The summed E-state index contributed by atoms with van der Waals surface area (Å²) in [6.45, 7) is 0.572. The highest BCUT2D eigenvalue weighted by Crippen LogP contribution is 2.10. The summed E-state index contributed by atoms with van der Waals surface area (Å²) in [5.41, 5.74) is 6.79. The van der Waals surface area contributed by atoms with E-state index in [0.29, 0.717) is 13.0 Å². The van der Waals surface area contributed by atoms with Crippen LogP contribution in [0.2, 0.25) is 0 Å². The number of aromatic nitrogens is 2. The predicted molar refractivity (Wildman–Crippen MR) is 79.7 cm³/mol. The molecular formula is C15H20N4O2. The lowest BCUT2D eigenvalue weighted by molar-refractivity contribution is -0.122. The first-order valence-corrected chi connectivity index (χ1v) is 6.94. The van der Waals surface area contributed by atoms with E-state index < -0.39 is 6.04 Å². The number of aromatic hydroxyl groups is 1. The fraction of sp³-hybridized carbons (Fsp3) is 0.333. The standard InChI is InChI=1S/C15H20N4O2/c16-13(10-11-3-5-12(20)6-4-11)15(21)19-7-1-2-14-17-8-9-18-14/h3-6,8-9,13,20H,1-2,7,10,16H2,(H,17,18)(H,19,21)/t13-/m0/s1. The second-order valence-electron chi connectivity index (χ2n) is 4.91. The monoisotopic (exact) mass is 288 g/mol. The van der Waals surface area contributed by atoms with Crippen molar-refractivity contribution in [3.05, 3.63) is 48.0 Å². The Balaban J connectivity index is 1.68. The van der Waals surface area contributed by atoms with Crippen LogP contribution in [0.3, 0.4) is 0 Å². The van der Waals surface area contributed by atoms with E-state index in [-0.39, 0.29) is 11.7 Å². The molecule has 1 heterocycles. The van der Waals surface area contributed by atoms with E-state index in [0.717, 1.165) is 24.2 Å². The number of phenols is 1. The summed E-state index contributed by atoms with van der Waals surface area (Å²) in [6.07, 6.45) is 5.54. The van der Waals surface area contributed by atoms with Crippen molar-refractivity contribution in [2.45, 2.75) is 25.3 Å². The van der Waals surface area contributed by atoms with E-state index in [4.69, 9.17) is 5.73 Å². The van der Waals surface area contributed by atoms with Crippen LogP contribution in [0, 0.1) is 0 Å². The van der Waals surface area contributed by atoms with Gasteiger partial charge in [0, 0.05) is 25.4 Å². The van der Waals surface area contributed by atoms with Crippen LogP contribution in [0.5, 0.6) is 5.75 Å². The second-order valence-corrected chi connectivity index (χ2v) is 4.91. The maximum absolute atomic E-state index is 11.9. The lowest BCUT2D eigenvalue weighted by Gasteiger charge is -2.12. The van der Waals surface area contributed by atoms with Gasteiger partial charge in [0.05, 0.1) is 6.04 Å². The number of aromatic amines is 1. The number of rotatable bonds is 7. The van der Waals surface area contributed by atoms with Gasteiger partial charge in [-0.05, 0) is 30.5 Å². The number of H-pyrrole nitrogens is 1. The van der Waals surface area contributed by atoms with Gasteiger partial charge in [0.2, 0.25) is 5.91 Å². The van der Waals surface area contributed by atoms with Gasteiger partial charge in [-0.1, -0.05) is 12.1 Å². The number of carbonyl (C=O) groups is 1. The molecule has 5 N–H and O–H groups in total. The number of nitrogens with zero attached hydrogens (tertiary/aromatic N) is 1. The van der Waals surface area contributed by atoms with Gasteiger partial charge in [0.1, 0.15) is 11.6 Å². The zero-order valence-electron chi connectivity index (χ0n) is 11.7. The Bertz CT molecular complexity index is 552. The Labute approximate surface area is 123 Å². The number of nitrogens with one attached hydrogen (secondary N) is 2. The third-order valence-electron chi connectivity index (χ3n) is 3.17. The smallest absolute Gasteiger partial charge is 0.237 e. The third kappa shape index (κ3) is 4.92. The van der Waals surface area contributed by atoms with Crippen molar-refractivity contribution in [1.29, 1.82) is 0 Å². The molecule has 1 amide bonds. The average molecular weight is 288 g/mol. The molecule has 1 atom stereocenters. The van der Waals surface area contributed by atoms with Crippen LogP contribution >= 0.6 is 0 Å². The van der Waals surface area contributed by atoms with E-state index in [1.54, 1.807) is 36.7 Å². The molecule has 1 aromatic heterocycles. The van der Waals surface area contributed by atoms with Crippen LogP contribution in [0.4, 0.5) is 0 Å². The van der Waals surface area contributed by atoms with Gasteiger partial charge in [0.15, 0.2) is 0 Å². The summed E-state index contributed by atoms with van der Waals surface area (Å²) in [6, 6.07) is 6.11. The van der Waals surface area contributed by atoms with Crippen LogP contribution in [0.25, 0.3) is 0 Å². The maximum atomic E-state index is 11.9. The lowest BCUT2D eigenvalue weighted by atomic mass is 10.1. The molecule has 0 fully saturated rings. The maximum Gasteiger partial charge on any atom is 0.237 e. The topological polar surface area (TPSA) is 104 Å². The summed E-state index contributed by atoms with van der Waals surface area (Å²) in [5.74, 6) is 0.954. The van der Waals surface area contributed by atoms with Crippen LogP contribution in [-0.4, -0.2) is 33.6 Å². The van der Waals surface area contributed by atoms with Crippen LogP contribution in [-0.2, 0) is 17.6 Å². The van der Waals surface area contributed by atoms with Gasteiger partial charge in [-0.3, -0.25) is 4.79 Å². The van der Waals surface area contributed by atoms with Gasteiger partial charge in [-0.2, -0.15) is 0 Å². The highest BCUT2D eigenvalue weighted by molar-refractivity contribution is 5.81. The minimum atomic E-state index is -0.585. The minimum Gasteiger partial charge on any atom is -0.508 e. The van der Waals surface area contributed by atoms with Gasteiger partial charge >= 0.3 is 0 Å². The first-order valence-electron chi connectivity index (χ1n) is 6.94. The summed E-state index contributed by atoms with van der Waals surface area (Å²) in [7, 11) is 0. The molecule has 0 saturated heterocycles. The summed E-state index contributed by atoms with van der Waals surface area (Å²) in [4.78, 5) is 19.0. The van der Waals surface area contributed by atoms with Gasteiger partial charge in [0.25, 0.3) is 0 Å². The molecular weight excluding hydrogens is 268 g/mol. The highest BCUT2D eigenvalue weighted by atomic mass is 16.3. The Morgan fingerprint density at radius 1 is 1.38 bits per heavy atom. The number of nitrogens with two attached hydrogens (primary N) is 1. The van der Waals surface area contributed by atoms with E-state index >= 15 is 0 Å². The molecule has 2 rings (SSSR count). The zero-order chi connectivity index (χ0) is 15.1. The third-order valence-corrected chi connectivity index (χ3v) is 3.17. The Hall–Kier alpha value is -2.34. The van der Waals surface area contributed by atoms with Crippen molar-refractivity contribution in [2.24, 2.45) is 5.73 Å². The Morgan fingerprint density at radius 2 is 2.14 bits per heavy atom. The fourth-order valence-corrected chi connectivity index (χ4v) is 2.01. The molecule has 1 aromatic carbocycles. The molecule has 6 nitrogen and oxygen atoms in total. The number of carbonyl (C=O) groups excluding carboxylic acids is 1. The average Bonchev–Trinajstić information content (AvgIpc) is 2.99. The van der Waals surface area contributed by atoms with Crippen LogP contribution in [0.1, 0.15) is 17.8 Å². The quantitative estimate of drug-likeness (QED) is 0.564. The van der Waals surface area contributed by atoms with Crippen molar-refractivity contribution >= 4 is 5.91 Å². The molecule has 0 aliphatic carbocycles. The summed E-state index contributed by atoms with van der Waals surface area (Å²) in [5, 5.41) is 12.0. The first kappa shape index (κ1) is 15.1. The number of phenolic OH excluding ortho intramolecular Hbond substituents is 1. The molecule has 112 valence electrons. The molecule has 0 unspecified atom stereocenters. The molecule has 0 saturated carbocycles. The van der Waals surface area contributed by atoms with Gasteiger partial charge < -0.3 is 21.1 Å². The van der Waals surface area contributed by atoms with Crippen molar-refractivity contribution in [3.8, 4) is 5.75 Å². The van der Waals surface area contributed by atoms with Gasteiger partial charge in [-0.15, -0.1) is 0 Å². The number of hydrogen-bond acceptors (Lipinski definition) is 4. The van der Waals surface area contributed by atoms with E-state index in [1.807, 2.05) is 0 Å². The first-order chi connectivity index (χ1) is 10.1. The minimum absolute atomic E-state index is 0.164. The molecule has 0 aliphatic heterocycles. The van der Waals surface area contributed by atoms with Gasteiger partial charge in [-0.25, -0.2) is 4.98 Å². The Morgan fingerprint density at radius 3 is 2.81 bits per heavy atom. The number of aryl methyl sites for hydroxylation is 1. The second kappa shape index (κ2) is 7.44.